The summed E-state index contributed by atoms with van der Waals surface area (Å²) in [5.41, 5.74) is 1.43. The number of carbonyl (C=O) groups is 1. The maximum absolute atomic E-state index is 13.1. The molecule has 1 aromatic carbocycles. The van der Waals surface area contributed by atoms with Crippen LogP contribution in [0.15, 0.2) is 30.3 Å². The summed E-state index contributed by atoms with van der Waals surface area (Å²) in [4.78, 5) is 22.8. The van der Waals surface area contributed by atoms with Gasteiger partial charge in [-0.2, -0.15) is 4.98 Å². The molecule has 0 atom stereocenters. The molecule has 132 valence electrons. The van der Waals surface area contributed by atoms with Gasteiger partial charge in [-0.25, -0.2) is 9.37 Å². The molecule has 0 N–H and O–H groups in total. The van der Waals surface area contributed by atoms with Crippen LogP contribution in [0.5, 0.6) is 5.88 Å². The molecule has 1 amide bonds. The highest BCUT2D eigenvalue weighted by molar-refractivity contribution is 5.77. The van der Waals surface area contributed by atoms with Gasteiger partial charge in [0.2, 0.25) is 5.88 Å². The van der Waals surface area contributed by atoms with Crippen molar-refractivity contribution in [1.82, 2.24) is 14.9 Å². The van der Waals surface area contributed by atoms with Crippen molar-refractivity contribution in [2.75, 3.05) is 19.7 Å². The minimum Gasteiger partial charge on any atom is -0.467 e. The van der Waals surface area contributed by atoms with E-state index in [9.17, 15) is 9.18 Å². The Morgan fingerprint density at radius 1 is 1.24 bits per heavy atom. The molecule has 1 aliphatic heterocycles. The van der Waals surface area contributed by atoms with Crippen LogP contribution in [0.25, 0.3) is 11.4 Å². The number of rotatable bonds is 4. The van der Waals surface area contributed by atoms with Gasteiger partial charge in [-0.3, -0.25) is 4.79 Å². The maximum Gasteiger partial charge on any atom is 0.260 e. The molecule has 0 aliphatic carbocycles. The van der Waals surface area contributed by atoms with Crippen molar-refractivity contribution < 1.29 is 13.9 Å². The van der Waals surface area contributed by atoms with Crippen molar-refractivity contribution >= 4 is 5.91 Å². The first kappa shape index (κ1) is 17.3. The number of ether oxygens (including phenoxy) is 1. The van der Waals surface area contributed by atoms with Crippen LogP contribution in [0.4, 0.5) is 4.39 Å². The third-order valence-corrected chi connectivity index (χ3v) is 4.41. The van der Waals surface area contributed by atoms with Gasteiger partial charge in [0.15, 0.2) is 12.4 Å². The molecule has 0 radical (unpaired) electrons. The lowest BCUT2D eigenvalue weighted by Gasteiger charge is -2.30. The molecule has 3 rings (SSSR count). The Morgan fingerprint density at radius 2 is 1.92 bits per heavy atom. The number of amides is 1. The largest absolute Gasteiger partial charge is 0.467 e. The van der Waals surface area contributed by atoms with E-state index in [2.05, 4.69) is 16.9 Å². The summed E-state index contributed by atoms with van der Waals surface area (Å²) in [6, 6.07) is 7.66. The van der Waals surface area contributed by atoms with Crippen molar-refractivity contribution in [1.29, 1.82) is 0 Å². The monoisotopic (exact) mass is 343 g/mol. The fraction of sp³-hybridized carbons (Fsp3) is 0.421. The summed E-state index contributed by atoms with van der Waals surface area (Å²) < 4.78 is 18.7. The Hall–Kier alpha value is -2.50. The summed E-state index contributed by atoms with van der Waals surface area (Å²) in [5, 5.41) is 0. The highest BCUT2D eigenvalue weighted by atomic mass is 19.1. The number of aryl methyl sites for hydroxylation is 1. The molecule has 0 bridgehead atoms. The second kappa shape index (κ2) is 7.59. The molecule has 0 spiro atoms. The SMILES string of the molecule is Cc1cc(OCC(=O)N2CCC(C)CC2)nc(-c2ccc(F)cc2)n1. The number of halogens is 1. The summed E-state index contributed by atoms with van der Waals surface area (Å²) in [7, 11) is 0. The van der Waals surface area contributed by atoms with E-state index in [1.54, 1.807) is 18.2 Å². The molecule has 1 aliphatic rings. The standard InChI is InChI=1S/C19H22FN3O2/c1-13-7-9-23(10-8-13)18(24)12-25-17-11-14(2)21-19(22-17)15-3-5-16(20)6-4-15/h3-6,11,13H,7-10,12H2,1-2H3. The Bertz CT molecular complexity index is 741. The summed E-state index contributed by atoms with van der Waals surface area (Å²) in [6.45, 7) is 5.57. The third-order valence-electron chi connectivity index (χ3n) is 4.41. The average molecular weight is 343 g/mol. The second-order valence-corrected chi connectivity index (χ2v) is 6.53. The number of nitrogens with zero attached hydrogens (tertiary/aromatic N) is 3. The van der Waals surface area contributed by atoms with Crippen LogP contribution >= 0.6 is 0 Å². The summed E-state index contributed by atoms with van der Waals surface area (Å²) in [6.07, 6.45) is 2.07. The van der Waals surface area contributed by atoms with E-state index in [1.165, 1.54) is 12.1 Å². The van der Waals surface area contributed by atoms with E-state index < -0.39 is 0 Å². The van der Waals surface area contributed by atoms with E-state index >= 15 is 0 Å². The van der Waals surface area contributed by atoms with E-state index in [0.717, 1.165) is 31.6 Å². The molecular formula is C19H22FN3O2. The van der Waals surface area contributed by atoms with Crippen molar-refractivity contribution in [3.8, 4) is 17.3 Å². The highest BCUT2D eigenvalue weighted by Gasteiger charge is 2.20. The molecule has 1 saturated heterocycles. The Kier molecular flexibility index (Phi) is 5.26. The fourth-order valence-corrected chi connectivity index (χ4v) is 2.83. The molecule has 2 aromatic rings. The zero-order valence-electron chi connectivity index (χ0n) is 14.5. The predicted octanol–water partition coefficient (Wildman–Crippen LogP) is 3.23. The van der Waals surface area contributed by atoms with Gasteiger partial charge in [0.05, 0.1) is 0 Å². The maximum atomic E-state index is 13.1. The van der Waals surface area contributed by atoms with Gasteiger partial charge in [0, 0.05) is 30.4 Å². The van der Waals surface area contributed by atoms with Crippen LogP contribution in [0.1, 0.15) is 25.5 Å². The first-order valence-corrected chi connectivity index (χ1v) is 8.53. The minimum atomic E-state index is -0.311. The molecule has 1 aromatic heterocycles. The smallest absolute Gasteiger partial charge is 0.260 e. The minimum absolute atomic E-state index is 0.0218. The first-order valence-electron chi connectivity index (χ1n) is 8.53. The lowest BCUT2D eigenvalue weighted by atomic mass is 9.99. The van der Waals surface area contributed by atoms with Crippen LogP contribution in [0.2, 0.25) is 0 Å². The summed E-state index contributed by atoms with van der Waals surface area (Å²) >= 11 is 0. The Labute approximate surface area is 146 Å². The summed E-state index contributed by atoms with van der Waals surface area (Å²) in [5.74, 6) is 1.15. The molecule has 0 saturated carbocycles. The number of piperidine rings is 1. The normalized spacial score (nSPS) is 15.2. The molecule has 25 heavy (non-hydrogen) atoms. The van der Waals surface area contributed by atoms with Crippen molar-refractivity contribution in [2.24, 2.45) is 5.92 Å². The number of benzene rings is 1. The van der Waals surface area contributed by atoms with Gasteiger partial charge in [0.25, 0.3) is 5.91 Å². The zero-order chi connectivity index (χ0) is 17.8. The van der Waals surface area contributed by atoms with Gasteiger partial charge in [-0.1, -0.05) is 6.92 Å². The van der Waals surface area contributed by atoms with E-state index in [0.29, 0.717) is 23.2 Å². The predicted molar refractivity (Wildman–Crippen MR) is 92.6 cm³/mol. The van der Waals surface area contributed by atoms with Gasteiger partial charge >= 0.3 is 0 Å². The molecule has 5 nitrogen and oxygen atoms in total. The van der Waals surface area contributed by atoms with E-state index in [4.69, 9.17) is 4.74 Å². The van der Waals surface area contributed by atoms with E-state index in [1.807, 2.05) is 11.8 Å². The Morgan fingerprint density at radius 3 is 2.60 bits per heavy atom. The number of likely N-dealkylation sites (tertiary alicyclic amines) is 1. The zero-order valence-corrected chi connectivity index (χ0v) is 14.5. The van der Waals surface area contributed by atoms with Crippen molar-refractivity contribution in [3.05, 3.63) is 41.8 Å². The topological polar surface area (TPSA) is 55.3 Å². The van der Waals surface area contributed by atoms with Gasteiger partial charge in [-0.05, 0) is 49.9 Å². The molecular weight excluding hydrogens is 321 g/mol. The first-order chi connectivity index (χ1) is 12.0. The second-order valence-electron chi connectivity index (χ2n) is 6.53. The van der Waals surface area contributed by atoms with Crippen LogP contribution in [0.3, 0.4) is 0 Å². The highest BCUT2D eigenvalue weighted by Crippen LogP contribution is 2.20. The average Bonchev–Trinajstić information content (AvgIpc) is 2.60. The molecule has 0 unspecified atom stereocenters. The third kappa shape index (κ3) is 4.53. The number of carbonyl (C=O) groups excluding carboxylic acids is 1. The van der Waals surface area contributed by atoms with Crippen LogP contribution < -0.4 is 4.74 Å². The number of hydrogen-bond donors (Lipinski definition) is 0. The quantitative estimate of drug-likeness (QED) is 0.855. The Balaban J connectivity index is 1.66. The lowest BCUT2D eigenvalue weighted by Crippen LogP contribution is -2.40. The van der Waals surface area contributed by atoms with Crippen molar-refractivity contribution in [3.63, 3.8) is 0 Å². The fourth-order valence-electron chi connectivity index (χ4n) is 2.83. The van der Waals surface area contributed by atoms with Crippen LogP contribution in [-0.2, 0) is 4.79 Å². The molecule has 6 heteroatoms. The number of aromatic nitrogens is 2. The van der Waals surface area contributed by atoms with E-state index in [-0.39, 0.29) is 18.3 Å². The molecule has 1 fully saturated rings. The van der Waals surface area contributed by atoms with Gasteiger partial charge in [0.1, 0.15) is 5.82 Å². The van der Waals surface area contributed by atoms with Crippen LogP contribution in [0, 0.1) is 18.7 Å². The van der Waals surface area contributed by atoms with Gasteiger partial charge < -0.3 is 9.64 Å². The number of hydrogen-bond acceptors (Lipinski definition) is 4. The molecule has 2 heterocycles. The van der Waals surface area contributed by atoms with Gasteiger partial charge in [-0.15, -0.1) is 0 Å². The van der Waals surface area contributed by atoms with Crippen LogP contribution in [-0.4, -0.2) is 40.5 Å². The van der Waals surface area contributed by atoms with Crippen molar-refractivity contribution in [2.45, 2.75) is 26.7 Å². The lowest BCUT2D eigenvalue weighted by molar-refractivity contribution is -0.134.